The van der Waals surface area contributed by atoms with Crippen molar-refractivity contribution >= 4 is 50.8 Å². The second-order valence-corrected chi connectivity index (χ2v) is 8.69. The van der Waals surface area contributed by atoms with Gasteiger partial charge < -0.3 is 11.2 Å². The number of fused-ring (bicyclic) bond motifs is 1. The summed E-state index contributed by atoms with van der Waals surface area (Å²) in [5, 5.41) is 6.17. The predicted octanol–water partition coefficient (Wildman–Crippen LogP) is 3.90. The fraction of sp³-hybridized carbons (Fsp3) is 0.0952. The van der Waals surface area contributed by atoms with E-state index >= 15 is 0 Å². The first-order valence-electron chi connectivity index (χ1n) is 9.01. The van der Waals surface area contributed by atoms with Crippen LogP contribution in [0.2, 0.25) is 5.02 Å². The fourth-order valence-electron chi connectivity index (χ4n) is 2.90. The summed E-state index contributed by atoms with van der Waals surface area (Å²) in [5.74, 6) is 5.92. The fourth-order valence-corrected chi connectivity index (χ4v) is 4.76. The van der Waals surface area contributed by atoms with E-state index in [1.54, 1.807) is 12.1 Å². The Labute approximate surface area is 185 Å². The Hall–Kier alpha value is -2.81. The molecule has 0 unspecified atom stereocenters. The number of hydrogen-bond donors (Lipinski definition) is 2. The lowest BCUT2D eigenvalue weighted by Gasteiger charge is -2.08. The number of nitrogens with two attached hydrogens (primary N) is 1. The van der Waals surface area contributed by atoms with Crippen molar-refractivity contribution in [1.82, 2.24) is 15.0 Å². The molecule has 0 radical (unpaired) electrons. The molecule has 2 aromatic carbocycles. The van der Waals surface area contributed by atoms with Gasteiger partial charge in [-0.3, -0.25) is 9.59 Å². The van der Waals surface area contributed by atoms with Crippen molar-refractivity contribution in [1.29, 1.82) is 0 Å². The highest BCUT2D eigenvalue weighted by Crippen LogP contribution is 2.31. The minimum absolute atomic E-state index is 0.0969. The normalized spacial score (nSPS) is 11.0. The van der Waals surface area contributed by atoms with Crippen LogP contribution in [-0.2, 0) is 11.3 Å². The van der Waals surface area contributed by atoms with Crippen molar-refractivity contribution in [3.05, 3.63) is 80.9 Å². The zero-order chi connectivity index (χ0) is 21.1. The van der Waals surface area contributed by atoms with E-state index in [0.29, 0.717) is 26.9 Å². The number of aromatic nitrogens is 2. The Morgan fingerprint density at radius 3 is 2.63 bits per heavy atom. The molecule has 1 amide bonds. The summed E-state index contributed by atoms with van der Waals surface area (Å²) in [7, 11) is 0. The molecule has 2 aromatic heterocycles. The van der Waals surface area contributed by atoms with E-state index in [9.17, 15) is 9.59 Å². The molecular weight excluding hydrogens is 440 g/mol. The maximum atomic E-state index is 12.9. The second-order valence-electron chi connectivity index (χ2n) is 6.46. The molecule has 0 aliphatic heterocycles. The number of carbonyl (C=O) groups is 1. The maximum absolute atomic E-state index is 12.9. The minimum Gasteiger partial charge on any atom is -0.351 e. The van der Waals surface area contributed by atoms with E-state index in [1.165, 1.54) is 11.3 Å². The highest BCUT2D eigenvalue weighted by Gasteiger charge is 2.17. The lowest BCUT2D eigenvalue weighted by atomic mass is 10.1. The summed E-state index contributed by atoms with van der Waals surface area (Å²) in [6.45, 7) is 0.393. The maximum Gasteiger partial charge on any atom is 0.282 e. The van der Waals surface area contributed by atoms with Crippen molar-refractivity contribution in [2.75, 3.05) is 11.6 Å². The van der Waals surface area contributed by atoms with Crippen molar-refractivity contribution in [3.8, 4) is 11.1 Å². The lowest BCUT2D eigenvalue weighted by molar-refractivity contribution is -0.118. The van der Waals surface area contributed by atoms with Gasteiger partial charge in [0.05, 0.1) is 11.1 Å². The first-order valence-corrected chi connectivity index (χ1v) is 11.3. The molecule has 4 rings (SSSR count). The number of rotatable bonds is 6. The van der Waals surface area contributed by atoms with Gasteiger partial charge >= 0.3 is 0 Å². The van der Waals surface area contributed by atoms with E-state index in [-0.39, 0.29) is 17.2 Å². The first-order chi connectivity index (χ1) is 14.5. The number of nitrogens with zero attached hydrogens (tertiary/aromatic N) is 2. The van der Waals surface area contributed by atoms with Crippen molar-refractivity contribution in [3.63, 3.8) is 0 Å². The highest BCUT2D eigenvalue weighted by molar-refractivity contribution is 7.99. The van der Waals surface area contributed by atoms with E-state index in [2.05, 4.69) is 10.3 Å². The molecule has 0 saturated heterocycles. The van der Waals surface area contributed by atoms with Gasteiger partial charge in [0, 0.05) is 22.5 Å². The molecule has 4 aromatic rings. The highest BCUT2D eigenvalue weighted by atomic mass is 35.5. The summed E-state index contributed by atoms with van der Waals surface area (Å²) in [6.07, 6.45) is 0. The largest absolute Gasteiger partial charge is 0.351 e. The standard InChI is InChI=1S/C21H17ClN4O2S2/c22-15-8-6-13(7-9-15)10-24-17(27)12-30-21-25-19-18(20(28)26(21)23)16(11-29-19)14-4-2-1-3-5-14/h1-9,11H,10,12,23H2,(H,24,27). The Bertz CT molecular complexity index is 1250. The van der Waals surface area contributed by atoms with Gasteiger partial charge in [-0.1, -0.05) is 65.8 Å². The van der Waals surface area contributed by atoms with E-state index in [0.717, 1.165) is 33.1 Å². The lowest BCUT2D eigenvalue weighted by Crippen LogP contribution is -2.30. The zero-order valence-electron chi connectivity index (χ0n) is 15.7. The third kappa shape index (κ3) is 4.35. The Balaban J connectivity index is 1.48. The molecule has 0 aliphatic rings. The quantitative estimate of drug-likeness (QED) is 0.261. The first kappa shape index (κ1) is 20.5. The Morgan fingerprint density at radius 1 is 1.17 bits per heavy atom. The smallest absolute Gasteiger partial charge is 0.282 e. The molecule has 0 atom stereocenters. The molecule has 0 saturated carbocycles. The second kappa shape index (κ2) is 8.91. The topological polar surface area (TPSA) is 90.0 Å². The van der Waals surface area contributed by atoms with Gasteiger partial charge in [-0.25, -0.2) is 9.66 Å². The number of carbonyl (C=O) groups excluding carboxylic acids is 1. The summed E-state index contributed by atoms with van der Waals surface area (Å²) >= 11 is 8.37. The van der Waals surface area contributed by atoms with Gasteiger partial charge in [0.15, 0.2) is 5.16 Å². The number of benzene rings is 2. The number of halogens is 1. The molecule has 0 fully saturated rings. The predicted molar refractivity (Wildman–Crippen MR) is 123 cm³/mol. The van der Waals surface area contributed by atoms with Gasteiger partial charge in [-0.05, 0) is 23.3 Å². The molecule has 3 N–H and O–H groups in total. The average Bonchev–Trinajstić information content (AvgIpc) is 3.19. The molecule has 152 valence electrons. The summed E-state index contributed by atoms with van der Waals surface area (Å²) < 4.78 is 1.01. The van der Waals surface area contributed by atoms with Crippen LogP contribution in [-0.4, -0.2) is 21.3 Å². The summed E-state index contributed by atoms with van der Waals surface area (Å²) in [6, 6.07) is 16.9. The number of thiophene rings is 1. The number of amides is 1. The van der Waals surface area contributed by atoms with Gasteiger partial charge in [-0.2, -0.15) is 0 Å². The molecule has 0 spiro atoms. The third-order valence-electron chi connectivity index (χ3n) is 4.43. The third-order valence-corrected chi connectivity index (χ3v) is 6.50. The van der Waals surface area contributed by atoms with Crippen LogP contribution in [0.4, 0.5) is 0 Å². The molecule has 0 bridgehead atoms. The Morgan fingerprint density at radius 2 is 1.90 bits per heavy atom. The van der Waals surface area contributed by atoms with Crippen molar-refractivity contribution < 1.29 is 4.79 Å². The van der Waals surface area contributed by atoms with Crippen LogP contribution >= 0.6 is 34.7 Å². The van der Waals surface area contributed by atoms with E-state index in [1.807, 2.05) is 47.8 Å². The van der Waals surface area contributed by atoms with E-state index in [4.69, 9.17) is 17.4 Å². The molecule has 30 heavy (non-hydrogen) atoms. The zero-order valence-corrected chi connectivity index (χ0v) is 18.1. The summed E-state index contributed by atoms with van der Waals surface area (Å²) in [4.78, 5) is 30.2. The molecular formula is C21H17ClN4O2S2. The molecule has 9 heteroatoms. The molecule has 2 heterocycles. The van der Waals surface area contributed by atoms with Crippen LogP contribution in [0.5, 0.6) is 0 Å². The molecule has 0 aliphatic carbocycles. The van der Waals surface area contributed by atoms with Gasteiger partial charge in [0.2, 0.25) is 5.91 Å². The number of nitrogens with one attached hydrogen (secondary N) is 1. The van der Waals surface area contributed by atoms with Crippen LogP contribution in [0.1, 0.15) is 5.56 Å². The van der Waals surface area contributed by atoms with Gasteiger partial charge in [-0.15, -0.1) is 11.3 Å². The van der Waals surface area contributed by atoms with E-state index < -0.39 is 0 Å². The van der Waals surface area contributed by atoms with Gasteiger partial charge in [0.1, 0.15) is 4.83 Å². The average molecular weight is 457 g/mol. The van der Waals surface area contributed by atoms with Crippen LogP contribution in [0.15, 0.2) is 69.9 Å². The van der Waals surface area contributed by atoms with Gasteiger partial charge in [0.25, 0.3) is 5.56 Å². The SMILES string of the molecule is Nn1c(SCC(=O)NCc2ccc(Cl)cc2)nc2scc(-c3ccccc3)c2c1=O. The monoisotopic (exact) mass is 456 g/mol. The number of nitrogen functional groups attached to an aromatic ring is 1. The number of hydrogen-bond acceptors (Lipinski definition) is 6. The van der Waals surface area contributed by atoms with Crippen LogP contribution < -0.4 is 16.7 Å². The summed E-state index contributed by atoms with van der Waals surface area (Å²) in [5.41, 5.74) is 2.36. The molecule has 6 nitrogen and oxygen atoms in total. The number of thioether (sulfide) groups is 1. The van der Waals surface area contributed by atoms with Crippen LogP contribution in [0, 0.1) is 0 Å². The Kier molecular flexibility index (Phi) is 6.08. The van der Waals surface area contributed by atoms with Crippen molar-refractivity contribution in [2.24, 2.45) is 0 Å². The van der Waals surface area contributed by atoms with Crippen LogP contribution in [0.25, 0.3) is 21.3 Å². The minimum atomic E-state index is -0.329. The van der Waals surface area contributed by atoms with Crippen molar-refractivity contribution in [2.45, 2.75) is 11.7 Å². The van der Waals surface area contributed by atoms with Crippen LogP contribution in [0.3, 0.4) is 0 Å².